The minimum Gasteiger partial charge on any atom is -0.481 e. The lowest BCUT2D eigenvalue weighted by molar-refractivity contribution is -0.159. The molecule has 1 fully saturated rings. The molecule has 0 heterocycles. The van der Waals surface area contributed by atoms with Crippen LogP contribution in [0.5, 0.6) is 0 Å². The van der Waals surface area contributed by atoms with Crippen LogP contribution < -0.4 is 0 Å². The van der Waals surface area contributed by atoms with Crippen LogP contribution in [0.3, 0.4) is 0 Å². The number of carboxylic acids is 1. The summed E-state index contributed by atoms with van der Waals surface area (Å²) in [5.41, 5.74) is 1.89. The standard InChI is InChI=1S/C22H25NO2/c1-2-13-22(21(24)25)14-20(15-22)23(16-18-9-5-3-6-10-18)17-19-11-7-4-8-12-19/h2-12,20H,1,13-17H2,(H,24,25)/t20-,22+. The van der Waals surface area contributed by atoms with E-state index in [4.69, 9.17) is 0 Å². The van der Waals surface area contributed by atoms with Crippen LogP contribution in [0, 0.1) is 5.41 Å². The molecule has 3 nitrogen and oxygen atoms in total. The molecule has 3 rings (SSSR count). The van der Waals surface area contributed by atoms with E-state index in [2.05, 4.69) is 60.0 Å². The van der Waals surface area contributed by atoms with Crippen molar-refractivity contribution in [2.45, 2.75) is 38.4 Å². The zero-order chi connectivity index (χ0) is 17.7. The lowest BCUT2D eigenvalue weighted by Gasteiger charge is -2.49. The number of hydrogen-bond acceptors (Lipinski definition) is 2. The molecule has 130 valence electrons. The molecule has 1 aliphatic rings. The third-order valence-corrected chi connectivity index (χ3v) is 5.21. The number of carbonyl (C=O) groups is 1. The number of hydrogen-bond donors (Lipinski definition) is 1. The van der Waals surface area contributed by atoms with Crippen LogP contribution in [0.4, 0.5) is 0 Å². The maximum absolute atomic E-state index is 11.7. The van der Waals surface area contributed by atoms with Gasteiger partial charge in [0.15, 0.2) is 0 Å². The Morgan fingerprint density at radius 1 is 1.04 bits per heavy atom. The van der Waals surface area contributed by atoms with Gasteiger partial charge in [-0.05, 0) is 30.4 Å². The monoisotopic (exact) mass is 335 g/mol. The summed E-state index contributed by atoms with van der Waals surface area (Å²) in [5, 5.41) is 9.63. The highest BCUT2D eigenvalue weighted by Crippen LogP contribution is 2.47. The third-order valence-electron chi connectivity index (χ3n) is 5.21. The predicted molar refractivity (Wildman–Crippen MR) is 100 cm³/mol. The second kappa shape index (κ2) is 7.66. The van der Waals surface area contributed by atoms with Gasteiger partial charge < -0.3 is 5.11 Å². The quantitative estimate of drug-likeness (QED) is 0.722. The zero-order valence-corrected chi connectivity index (χ0v) is 14.5. The van der Waals surface area contributed by atoms with Gasteiger partial charge in [0.2, 0.25) is 0 Å². The number of rotatable bonds is 8. The van der Waals surface area contributed by atoms with E-state index in [0.29, 0.717) is 19.3 Å². The molecule has 3 heteroatoms. The molecule has 0 spiro atoms. The van der Waals surface area contributed by atoms with Gasteiger partial charge in [-0.15, -0.1) is 6.58 Å². The van der Waals surface area contributed by atoms with Gasteiger partial charge in [0.1, 0.15) is 0 Å². The average Bonchev–Trinajstić information content (AvgIpc) is 2.59. The van der Waals surface area contributed by atoms with E-state index in [0.717, 1.165) is 13.1 Å². The van der Waals surface area contributed by atoms with Crippen molar-refractivity contribution in [2.24, 2.45) is 5.41 Å². The first-order chi connectivity index (χ1) is 12.1. The van der Waals surface area contributed by atoms with E-state index in [9.17, 15) is 9.90 Å². The molecule has 0 amide bonds. The van der Waals surface area contributed by atoms with Gasteiger partial charge in [-0.3, -0.25) is 9.69 Å². The largest absolute Gasteiger partial charge is 0.481 e. The Bertz CT molecular complexity index is 664. The van der Waals surface area contributed by atoms with Crippen molar-refractivity contribution in [3.63, 3.8) is 0 Å². The Balaban J connectivity index is 1.75. The molecule has 2 aromatic rings. The molecule has 1 saturated carbocycles. The van der Waals surface area contributed by atoms with E-state index >= 15 is 0 Å². The van der Waals surface area contributed by atoms with Crippen LogP contribution in [-0.2, 0) is 17.9 Å². The summed E-state index contributed by atoms with van der Waals surface area (Å²) in [4.78, 5) is 14.1. The van der Waals surface area contributed by atoms with E-state index < -0.39 is 11.4 Å². The maximum atomic E-state index is 11.7. The summed E-state index contributed by atoms with van der Waals surface area (Å²) < 4.78 is 0. The van der Waals surface area contributed by atoms with Crippen molar-refractivity contribution in [3.8, 4) is 0 Å². The zero-order valence-electron chi connectivity index (χ0n) is 14.5. The lowest BCUT2D eigenvalue weighted by Crippen LogP contribution is -2.53. The summed E-state index contributed by atoms with van der Waals surface area (Å²) in [6.07, 6.45) is 3.66. The van der Waals surface area contributed by atoms with Gasteiger partial charge in [0, 0.05) is 19.1 Å². The highest BCUT2D eigenvalue weighted by Gasteiger charge is 2.51. The number of carboxylic acid groups (broad SMARTS) is 1. The van der Waals surface area contributed by atoms with Gasteiger partial charge in [-0.25, -0.2) is 0 Å². The highest BCUT2D eigenvalue weighted by atomic mass is 16.4. The average molecular weight is 335 g/mol. The van der Waals surface area contributed by atoms with E-state index in [1.807, 2.05) is 12.1 Å². The molecule has 1 N–H and O–H groups in total. The fraction of sp³-hybridized carbons (Fsp3) is 0.318. The van der Waals surface area contributed by atoms with Gasteiger partial charge in [-0.2, -0.15) is 0 Å². The molecular formula is C22H25NO2. The van der Waals surface area contributed by atoms with Crippen LogP contribution in [0.2, 0.25) is 0 Å². The fourth-order valence-corrected chi connectivity index (χ4v) is 3.76. The van der Waals surface area contributed by atoms with E-state index in [1.54, 1.807) is 6.08 Å². The van der Waals surface area contributed by atoms with Crippen molar-refractivity contribution in [1.82, 2.24) is 4.90 Å². The van der Waals surface area contributed by atoms with Gasteiger partial charge in [-0.1, -0.05) is 66.7 Å². The van der Waals surface area contributed by atoms with Gasteiger partial charge >= 0.3 is 5.97 Å². The Hall–Kier alpha value is -2.39. The summed E-state index contributed by atoms with van der Waals surface area (Å²) in [6, 6.07) is 21.1. The number of nitrogens with zero attached hydrogens (tertiary/aromatic N) is 1. The molecule has 0 radical (unpaired) electrons. The molecule has 0 unspecified atom stereocenters. The first-order valence-electron chi connectivity index (χ1n) is 8.79. The second-order valence-electron chi connectivity index (χ2n) is 7.02. The molecule has 0 saturated heterocycles. The summed E-state index contributed by atoms with van der Waals surface area (Å²) in [5.74, 6) is -0.692. The van der Waals surface area contributed by atoms with E-state index in [1.165, 1.54) is 11.1 Å². The highest BCUT2D eigenvalue weighted by molar-refractivity contribution is 5.76. The molecule has 0 atom stereocenters. The maximum Gasteiger partial charge on any atom is 0.310 e. The summed E-state index contributed by atoms with van der Waals surface area (Å²) >= 11 is 0. The van der Waals surface area contributed by atoms with Crippen LogP contribution in [0.15, 0.2) is 73.3 Å². The minimum absolute atomic E-state index is 0.288. The number of allylic oxidation sites excluding steroid dienone is 1. The first kappa shape index (κ1) is 17.4. The van der Waals surface area contributed by atoms with Crippen molar-refractivity contribution in [2.75, 3.05) is 0 Å². The Morgan fingerprint density at radius 2 is 1.52 bits per heavy atom. The lowest BCUT2D eigenvalue weighted by atomic mass is 9.63. The Labute approximate surface area is 149 Å². The molecule has 0 aliphatic heterocycles. The predicted octanol–water partition coefficient (Wildman–Crippen LogP) is 4.50. The Morgan fingerprint density at radius 3 is 1.92 bits per heavy atom. The normalized spacial score (nSPS) is 22.4. The molecule has 0 bridgehead atoms. The smallest absolute Gasteiger partial charge is 0.310 e. The third kappa shape index (κ3) is 3.99. The fourth-order valence-electron chi connectivity index (χ4n) is 3.76. The minimum atomic E-state index is -0.692. The number of benzene rings is 2. The van der Waals surface area contributed by atoms with Crippen LogP contribution in [0.25, 0.3) is 0 Å². The summed E-state index contributed by atoms with van der Waals surface area (Å²) in [7, 11) is 0. The van der Waals surface area contributed by atoms with Crippen LogP contribution in [-0.4, -0.2) is 22.0 Å². The second-order valence-corrected chi connectivity index (χ2v) is 7.02. The van der Waals surface area contributed by atoms with Crippen molar-refractivity contribution < 1.29 is 9.90 Å². The molecule has 25 heavy (non-hydrogen) atoms. The topological polar surface area (TPSA) is 40.5 Å². The first-order valence-corrected chi connectivity index (χ1v) is 8.79. The molecule has 0 aromatic heterocycles. The van der Waals surface area contributed by atoms with Crippen molar-refractivity contribution >= 4 is 5.97 Å². The SMILES string of the molecule is C=CC[C@]1(C(=O)O)C[C@@H](N(Cc2ccccc2)Cc2ccccc2)C1. The van der Waals surface area contributed by atoms with Crippen molar-refractivity contribution in [3.05, 3.63) is 84.4 Å². The van der Waals surface area contributed by atoms with Gasteiger partial charge in [0.05, 0.1) is 5.41 Å². The molecule has 2 aromatic carbocycles. The Kier molecular flexibility index (Phi) is 5.34. The molecular weight excluding hydrogens is 310 g/mol. The van der Waals surface area contributed by atoms with Crippen LogP contribution in [0.1, 0.15) is 30.4 Å². The van der Waals surface area contributed by atoms with Crippen LogP contribution >= 0.6 is 0 Å². The van der Waals surface area contributed by atoms with Crippen molar-refractivity contribution in [1.29, 1.82) is 0 Å². The number of aliphatic carboxylic acids is 1. The van der Waals surface area contributed by atoms with E-state index in [-0.39, 0.29) is 6.04 Å². The molecule has 1 aliphatic carbocycles. The summed E-state index contributed by atoms with van der Waals surface area (Å²) in [6.45, 7) is 5.41. The van der Waals surface area contributed by atoms with Gasteiger partial charge in [0.25, 0.3) is 0 Å².